The number of rotatable bonds is 6. The zero-order valence-corrected chi connectivity index (χ0v) is 16.4. The van der Waals surface area contributed by atoms with Crippen molar-refractivity contribution >= 4 is 0 Å². The van der Waals surface area contributed by atoms with Gasteiger partial charge in [-0.05, 0) is 54.7 Å². The van der Waals surface area contributed by atoms with Gasteiger partial charge in [0.25, 0.3) is 0 Å². The Hall–Kier alpha value is -2.63. The highest BCUT2D eigenvalue weighted by molar-refractivity contribution is 5.36. The van der Waals surface area contributed by atoms with E-state index in [9.17, 15) is 0 Å². The molecule has 0 bridgehead atoms. The summed E-state index contributed by atoms with van der Waals surface area (Å²) in [5.74, 6) is 2.32. The minimum atomic E-state index is -0.110. The van der Waals surface area contributed by atoms with E-state index in [1.165, 1.54) is 5.56 Å². The second kappa shape index (κ2) is 8.59. The van der Waals surface area contributed by atoms with Crippen molar-refractivity contribution in [3.05, 3.63) is 77.9 Å². The van der Waals surface area contributed by atoms with Crippen molar-refractivity contribution < 1.29 is 14.2 Å². The Balaban J connectivity index is 1.39. The normalized spacial score (nSPS) is 19.5. The molecule has 3 aromatic rings. The van der Waals surface area contributed by atoms with Gasteiger partial charge in [-0.15, -0.1) is 0 Å². The van der Waals surface area contributed by atoms with Crippen molar-refractivity contribution in [1.82, 2.24) is 9.55 Å². The van der Waals surface area contributed by atoms with Crippen LogP contribution in [0.15, 0.2) is 60.9 Å². The van der Waals surface area contributed by atoms with Crippen molar-refractivity contribution in [2.24, 2.45) is 0 Å². The van der Waals surface area contributed by atoms with E-state index in [0.717, 1.165) is 42.3 Å². The summed E-state index contributed by atoms with van der Waals surface area (Å²) in [6.07, 6.45) is 5.57. The maximum atomic E-state index is 6.05. The van der Waals surface area contributed by atoms with E-state index in [4.69, 9.17) is 14.2 Å². The van der Waals surface area contributed by atoms with E-state index < -0.39 is 0 Å². The average Bonchev–Trinajstić information content (AvgIpc) is 3.19. The topological polar surface area (TPSA) is 45.5 Å². The summed E-state index contributed by atoms with van der Waals surface area (Å²) in [5.41, 5.74) is 3.53. The lowest BCUT2D eigenvalue weighted by Gasteiger charge is -2.28. The highest BCUT2D eigenvalue weighted by Gasteiger charge is 2.23. The largest absolute Gasteiger partial charge is 0.489 e. The Morgan fingerprint density at radius 2 is 2.04 bits per heavy atom. The smallest absolute Gasteiger partial charge is 0.157 e. The molecule has 2 atom stereocenters. The molecule has 5 nitrogen and oxygen atoms in total. The molecule has 28 heavy (non-hydrogen) atoms. The third-order valence-electron chi connectivity index (χ3n) is 5.29. The van der Waals surface area contributed by atoms with E-state index in [0.29, 0.717) is 12.5 Å². The summed E-state index contributed by atoms with van der Waals surface area (Å²) in [7, 11) is 1.70. The van der Waals surface area contributed by atoms with Crippen LogP contribution in [-0.4, -0.2) is 29.6 Å². The SMILES string of the molecule is COC1CC(c2cccc(OCc3ccc(-n4ccnc4C)cc3)c2)CCO1. The summed E-state index contributed by atoms with van der Waals surface area (Å²) >= 11 is 0. The molecule has 0 N–H and O–H groups in total. The van der Waals surface area contributed by atoms with E-state index in [1.54, 1.807) is 7.11 Å². The fraction of sp³-hybridized carbons (Fsp3) is 0.348. The molecule has 5 heteroatoms. The number of hydrogen-bond acceptors (Lipinski definition) is 4. The first-order valence-electron chi connectivity index (χ1n) is 9.69. The minimum Gasteiger partial charge on any atom is -0.489 e. The summed E-state index contributed by atoms with van der Waals surface area (Å²) in [4.78, 5) is 4.27. The first kappa shape index (κ1) is 18.7. The Labute approximate surface area is 165 Å². The van der Waals surface area contributed by atoms with Crippen LogP contribution in [-0.2, 0) is 16.1 Å². The lowest BCUT2D eigenvalue weighted by atomic mass is 9.91. The summed E-state index contributed by atoms with van der Waals surface area (Å²) < 4.78 is 19.1. The highest BCUT2D eigenvalue weighted by atomic mass is 16.7. The maximum Gasteiger partial charge on any atom is 0.157 e. The van der Waals surface area contributed by atoms with Gasteiger partial charge >= 0.3 is 0 Å². The highest BCUT2D eigenvalue weighted by Crippen LogP contribution is 2.32. The molecule has 2 heterocycles. The van der Waals surface area contributed by atoms with Crippen molar-refractivity contribution in [2.45, 2.75) is 38.6 Å². The first-order chi connectivity index (χ1) is 13.7. The number of hydrogen-bond donors (Lipinski definition) is 0. The molecule has 0 aliphatic carbocycles. The Morgan fingerprint density at radius 1 is 1.18 bits per heavy atom. The summed E-state index contributed by atoms with van der Waals surface area (Å²) in [6.45, 7) is 3.27. The molecule has 0 saturated carbocycles. The number of ether oxygens (including phenoxy) is 3. The number of aryl methyl sites for hydroxylation is 1. The van der Waals surface area contributed by atoms with Gasteiger partial charge in [0.1, 0.15) is 18.2 Å². The van der Waals surface area contributed by atoms with Gasteiger partial charge in [0.05, 0.1) is 6.61 Å². The van der Waals surface area contributed by atoms with Gasteiger partial charge in [-0.25, -0.2) is 4.98 Å². The zero-order chi connectivity index (χ0) is 19.3. The quantitative estimate of drug-likeness (QED) is 0.628. The van der Waals surface area contributed by atoms with Crippen LogP contribution < -0.4 is 4.74 Å². The Kier molecular flexibility index (Phi) is 5.74. The standard InChI is InChI=1S/C23H26N2O3/c1-17-24-11-12-25(17)21-8-6-18(7-9-21)16-28-22-5-3-4-19(14-22)20-10-13-27-23(15-20)26-2/h3-9,11-12,14,20,23H,10,13,15-16H2,1-2H3. The number of imidazole rings is 1. The summed E-state index contributed by atoms with van der Waals surface area (Å²) in [6, 6.07) is 16.8. The van der Waals surface area contributed by atoms with Crippen molar-refractivity contribution in [2.75, 3.05) is 13.7 Å². The molecule has 1 aliphatic heterocycles. The molecule has 1 aliphatic rings. The predicted molar refractivity (Wildman–Crippen MR) is 108 cm³/mol. The summed E-state index contributed by atoms with van der Waals surface area (Å²) in [5, 5.41) is 0. The maximum absolute atomic E-state index is 6.05. The van der Waals surface area contributed by atoms with Crippen LogP contribution in [0, 0.1) is 6.92 Å². The van der Waals surface area contributed by atoms with Gasteiger partial charge in [-0.1, -0.05) is 24.3 Å². The third-order valence-corrected chi connectivity index (χ3v) is 5.29. The molecule has 2 unspecified atom stereocenters. The van der Waals surface area contributed by atoms with Crippen molar-refractivity contribution in [3.63, 3.8) is 0 Å². The van der Waals surface area contributed by atoms with Gasteiger partial charge in [0.2, 0.25) is 0 Å². The first-order valence-corrected chi connectivity index (χ1v) is 9.69. The van der Waals surface area contributed by atoms with Crippen LogP contribution in [0.2, 0.25) is 0 Å². The number of benzene rings is 2. The minimum absolute atomic E-state index is 0.110. The second-order valence-corrected chi connectivity index (χ2v) is 7.13. The molecule has 1 fully saturated rings. The van der Waals surface area contributed by atoms with Crippen LogP contribution in [0.3, 0.4) is 0 Å². The van der Waals surface area contributed by atoms with Crippen LogP contribution in [0.4, 0.5) is 0 Å². The predicted octanol–water partition coefficient (Wildman–Crippen LogP) is 4.63. The monoisotopic (exact) mass is 378 g/mol. The van der Waals surface area contributed by atoms with Gasteiger partial charge < -0.3 is 18.8 Å². The third kappa shape index (κ3) is 4.26. The van der Waals surface area contributed by atoms with Crippen LogP contribution >= 0.6 is 0 Å². The Morgan fingerprint density at radius 3 is 2.79 bits per heavy atom. The van der Waals surface area contributed by atoms with Crippen molar-refractivity contribution in [3.8, 4) is 11.4 Å². The van der Waals surface area contributed by atoms with E-state index in [-0.39, 0.29) is 6.29 Å². The lowest BCUT2D eigenvalue weighted by molar-refractivity contribution is -0.150. The molecule has 0 radical (unpaired) electrons. The van der Waals surface area contributed by atoms with E-state index >= 15 is 0 Å². The molecule has 0 spiro atoms. The lowest BCUT2D eigenvalue weighted by Crippen LogP contribution is -2.25. The number of methoxy groups -OCH3 is 1. The van der Waals surface area contributed by atoms with E-state index in [2.05, 4.69) is 52.0 Å². The molecule has 146 valence electrons. The van der Waals surface area contributed by atoms with Gasteiger partial charge in [-0.3, -0.25) is 0 Å². The van der Waals surface area contributed by atoms with Crippen LogP contribution in [0.1, 0.15) is 35.7 Å². The number of nitrogens with zero attached hydrogens (tertiary/aromatic N) is 2. The fourth-order valence-electron chi connectivity index (χ4n) is 3.66. The Bertz CT molecular complexity index is 904. The van der Waals surface area contributed by atoms with Crippen LogP contribution in [0.25, 0.3) is 5.69 Å². The molecule has 1 saturated heterocycles. The molecular formula is C23H26N2O3. The molecule has 4 rings (SSSR count). The second-order valence-electron chi connectivity index (χ2n) is 7.13. The molecule has 2 aromatic carbocycles. The number of aromatic nitrogens is 2. The average molecular weight is 378 g/mol. The van der Waals surface area contributed by atoms with Gasteiger partial charge in [0, 0.05) is 31.6 Å². The molecular weight excluding hydrogens is 352 g/mol. The molecule has 0 amide bonds. The fourth-order valence-corrected chi connectivity index (χ4v) is 3.66. The van der Waals surface area contributed by atoms with Crippen molar-refractivity contribution in [1.29, 1.82) is 0 Å². The van der Waals surface area contributed by atoms with Gasteiger partial charge in [0.15, 0.2) is 6.29 Å². The van der Waals surface area contributed by atoms with E-state index in [1.807, 2.05) is 25.4 Å². The zero-order valence-electron chi connectivity index (χ0n) is 16.4. The van der Waals surface area contributed by atoms with Gasteiger partial charge in [-0.2, -0.15) is 0 Å². The van der Waals surface area contributed by atoms with Crippen LogP contribution in [0.5, 0.6) is 5.75 Å². The molecule has 1 aromatic heterocycles.